The number of anilines is 1. The van der Waals surface area contributed by atoms with Crippen molar-refractivity contribution in [1.82, 2.24) is 14.9 Å². The zero-order valence-electron chi connectivity index (χ0n) is 15.2. The summed E-state index contributed by atoms with van der Waals surface area (Å²) in [5.41, 5.74) is 7.72. The topological polar surface area (TPSA) is 95.6 Å². The van der Waals surface area contributed by atoms with Gasteiger partial charge in [-0.1, -0.05) is 42.5 Å². The highest BCUT2D eigenvalue weighted by Gasteiger charge is 2.20. The molecule has 7 nitrogen and oxygen atoms in total. The van der Waals surface area contributed by atoms with Crippen LogP contribution in [0.2, 0.25) is 0 Å². The lowest BCUT2D eigenvalue weighted by Crippen LogP contribution is -2.50. The van der Waals surface area contributed by atoms with Crippen LogP contribution in [0.4, 0.5) is 5.95 Å². The fourth-order valence-corrected chi connectivity index (χ4v) is 3.01. The van der Waals surface area contributed by atoms with Gasteiger partial charge in [-0.15, -0.1) is 0 Å². The van der Waals surface area contributed by atoms with Gasteiger partial charge in [0.05, 0.1) is 5.56 Å². The van der Waals surface area contributed by atoms with Crippen LogP contribution in [0.3, 0.4) is 0 Å². The molecule has 7 heteroatoms. The van der Waals surface area contributed by atoms with Crippen LogP contribution >= 0.6 is 0 Å². The Morgan fingerprint density at radius 2 is 1.81 bits per heavy atom. The number of hydrogen-bond acceptors (Lipinski definition) is 7. The molecule has 0 aliphatic carbocycles. The zero-order valence-corrected chi connectivity index (χ0v) is 15.2. The molecule has 2 heterocycles. The Bertz CT molecular complexity index is 756. The highest BCUT2D eigenvalue weighted by molar-refractivity contribution is 5.96. The van der Waals surface area contributed by atoms with Gasteiger partial charge in [0.2, 0.25) is 5.95 Å². The molecule has 0 spiro atoms. The number of carbonyl (C=O) groups is 1. The molecule has 3 N–H and O–H groups in total. The first-order valence-corrected chi connectivity index (χ1v) is 9.08. The maximum absolute atomic E-state index is 11.4. The summed E-state index contributed by atoms with van der Waals surface area (Å²) in [7, 11) is 0. The molecule has 0 radical (unpaired) electrons. The van der Waals surface area contributed by atoms with Crippen molar-refractivity contribution in [2.24, 2.45) is 5.73 Å². The second kappa shape index (κ2) is 9.36. The van der Waals surface area contributed by atoms with Gasteiger partial charge < -0.3 is 15.7 Å². The van der Waals surface area contributed by atoms with Gasteiger partial charge in [0.1, 0.15) is 6.61 Å². The molecule has 1 aliphatic rings. The molecule has 1 aliphatic heterocycles. The lowest BCUT2D eigenvalue weighted by molar-refractivity contribution is 0.0903. The van der Waals surface area contributed by atoms with E-state index in [1.165, 1.54) is 12.4 Å². The maximum atomic E-state index is 11.4. The summed E-state index contributed by atoms with van der Waals surface area (Å²) in [6, 6.07) is 10.1. The molecule has 1 unspecified atom stereocenters. The molecule has 1 aromatic carbocycles. The first-order valence-electron chi connectivity index (χ1n) is 9.08. The number of aliphatic hydroxyl groups is 1. The Balaban J connectivity index is 1.47. The van der Waals surface area contributed by atoms with Crippen LogP contribution in [-0.4, -0.2) is 71.1 Å². The fourth-order valence-electron chi connectivity index (χ4n) is 3.01. The van der Waals surface area contributed by atoms with Crippen molar-refractivity contribution in [1.29, 1.82) is 0 Å². The lowest BCUT2D eigenvalue weighted by atomic mass is 10.1. The van der Waals surface area contributed by atoms with Crippen LogP contribution in [0.5, 0.6) is 0 Å². The van der Waals surface area contributed by atoms with Gasteiger partial charge in [-0.05, 0) is 5.56 Å². The van der Waals surface area contributed by atoms with E-state index in [0.717, 1.165) is 38.3 Å². The van der Waals surface area contributed by atoms with Crippen molar-refractivity contribution >= 4 is 17.8 Å². The number of aromatic nitrogens is 2. The van der Waals surface area contributed by atoms with E-state index in [2.05, 4.69) is 38.0 Å². The van der Waals surface area contributed by atoms with Crippen LogP contribution in [0, 0.1) is 0 Å². The van der Waals surface area contributed by atoms with E-state index in [0.29, 0.717) is 11.5 Å². The zero-order chi connectivity index (χ0) is 19.1. The number of rotatable bonds is 7. The van der Waals surface area contributed by atoms with Crippen LogP contribution in [0.25, 0.3) is 6.08 Å². The van der Waals surface area contributed by atoms with Gasteiger partial charge >= 0.3 is 0 Å². The van der Waals surface area contributed by atoms with Crippen molar-refractivity contribution in [2.45, 2.75) is 6.04 Å². The molecule has 1 aromatic heterocycles. The van der Waals surface area contributed by atoms with Crippen molar-refractivity contribution < 1.29 is 9.90 Å². The van der Waals surface area contributed by atoms with Gasteiger partial charge in [0.25, 0.3) is 0 Å². The minimum absolute atomic E-state index is 0.0169. The van der Waals surface area contributed by atoms with E-state index in [1.54, 1.807) is 0 Å². The monoisotopic (exact) mass is 367 g/mol. The second-order valence-corrected chi connectivity index (χ2v) is 6.57. The second-order valence-electron chi connectivity index (χ2n) is 6.57. The van der Waals surface area contributed by atoms with Crippen molar-refractivity contribution in [3.05, 3.63) is 59.9 Å². The summed E-state index contributed by atoms with van der Waals surface area (Å²) in [5, 5.41) is 8.87. The number of nitrogens with zero attached hydrogens (tertiary/aromatic N) is 4. The average Bonchev–Trinajstić information content (AvgIpc) is 2.73. The number of Topliss-reactive ketones (excluding diaryl/α,β-unsaturated/α-hetero) is 1. The number of hydrogen-bond donors (Lipinski definition) is 2. The van der Waals surface area contributed by atoms with Crippen LogP contribution in [0.15, 0.2) is 48.8 Å². The molecule has 1 fully saturated rings. The van der Waals surface area contributed by atoms with E-state index < -0.39 is 6.61 Å². The molecular weight excluding hydrogens is 342 g/mol. The summed E-state index contributed by atoms with van der Waals surface area (Å²) >= 11 is 0. The average molecular weight is 367 g/mol. The van der Waals surface area contributed by atoms with Crippen LogP contribution in [-0.2, 0) is 0 Å². The number of aliphatic hydroxyl groups excluding tert-OH is 1. The SMILES string of the molecule is NC(/C=C/c1ccccc1)CN1CCN(c2ncc(C(=O)CO)cn2)CC1. The number of nitrogens with two attached hydrogens (primary N) is 1. The van der Waals surface area contributed by atoms with Gasteiger partial charge in [0, 0.05) is 51.2 Å². The van der Waals surface area contributed by atoms with E-state index in [4.69, 9.17) is 10.8 Å². The molecule has 1 saturated heterocycles. The Morgan fingerprint density at radius 3 is 2.44 bits per heavy atom. The predicted molar refractivity (Wildman–Crippen MR) is 106 cm³/mol. The predicted octanol–water partition coefficient (Wildman–Crippen LogP) is 0.814. The number of ketones is 1. The molecular formula is C20H25N5O2. The van der Waals surface area contributed by atoms with Crippen LogP contribution < -0.4 is 10.6 Å². The third kappa shape index (κ3) is 5.43. The minimum Gasteiger partial charge on any atom is -0.388 e. The van der Waals surface area contributed by atoms with Gasteiger partial charge in [0.15, 0.2) is 5.78 Å². The Morgan fingerprint density at radius 1 is 1.15 bits per heavy atom. The van der Waals surface area contributed by atoms with Gasteiger partial charge in [-0.3, -0.25) is 9.69 Å². The highest BCUT2D eigenvalue weighted by Crippen LogP contribution is 2.12. The Hall–Kier alpha value is -2.61. The maximum Gasteiger partial charge on any atom is 0.225 e. The number of carbonyl (C=O) groups excluding carboxylic acids is 1. The molecule has 0 amide bonds. The smallest absolute Gasteiger partial charge is 0.225 e. The Labute approximate surface area is 159 Å². The third-order valence-corrected chi connectivity index (χ3v) is 4.56. The molecule has 27 heavy (non-hydrogen) atoms. The van der Waals surface area contributed by atoms with E-state index >= 15 is 0 Å². The molecule has 3 rings (SSSR count). The quantitative estimate of drug-likeness (QED) is 0.699. The molecule has 0 saturated carbocycles. The fraction of sp³-hybridized carbons (Fsp3) is 0.350. The standard InChI is InChI=1S/C20H25N5O2/c21-18(7-6-16-4-2-1-3-5-16)14-24-8-10-25(11-9-24)20-22-12-17(13-23-20)19(27)15-26/h1-7,12-13,18,26H,8-11,14-15,21H2/b7-6+. The molecule has 1 atom stereocenters. The number of benzene rings is 1. The lowest BCUT2D eigenvalue weighted by Gasteiger charge is -2.35. The van der Waals surface area contributed by atoms with Crippen molar-refractivity contribution in [2.75, 3.05) is 44.2 Å². The molecule has 0 bridgehead atoms. The van der Waals surface area contributed by atoms with Gasteiger partial charge in [-0.25, -0.2) is 9.97 Å². The summed E-state index contributed by atoms with van der Waals surface area (Å²) in [5.74, 6) is 0.237. The first-order chi connectivity index (χ1) is 13.2. The number of piperazine rings is 1. The highest BCUT2D eigenvalue weighted by atomic mass is 16.3. The van der Waals surface area contributed by atoms with Crippen LogP contribution in [0.1, 0.15) is 15.9 Å². The summed E-state index contributed by atoms with van der Waals surface area (Å²) in [4.78, 5) is 24.3. The van der Waals surface area contributed by atoms with E-state index in [-0.39, 0.29) is 11.8 Å². The van der Waals surface area contributed by atoms with E-state index in [1.807, 2.05) is 24.3 Å². The van der Waals surface area contributed by atoms with E-state index in [9.17, 15) is 4.79 Å². The largest absolute Gasteiger partial charge is 0.388 e. The summed E-state index contributed by atoms with van der Waals surface area (Å²) in [6.07, 6.45) is 7.04. The van der Waals surface area contributed by atoms with Crippen molar-refractivity contribution in [3.63, 3.8) is 0 Å². The van der Waals surface area contributed by atoms with Crippen molar-refractivity contribution in [3.8, 4) is 0 Å². The normalized spacial score (nSPS) is 16.6. The summed E-state index contributed by atoms with van der Waals surface area (Å²) < 4.78 is 0. The Kier molecular flexibility index (Phi) is 6.64. The first kappa shape index (κ1) is 19.2. The van der Waals surface area contributed by atoms with Gasteiger partial charge in [-0.2, -0.15) is 0 Å². The third-order valence-electron chi connectivity index (χ3n) is 4.56. The minimum atomic E-state index is -0.527. The molecule has 2 aromatic rings. The molecule has 142 valence electrons. The summed E-state index contributed by atoms with van der Waals surface area (Å²) in [6.45, 7) is 3.66.